The summed E-state index contributed by atoms with van der Waals surface area (Å²) >= 11 is 0. The van der Waals surface area contributed by atoms with Crippen molar-refractivity contribution < 1.29 is 19.2 Å². The number of nitrogens with one attached hydrogen (secondary N) is 2. The fourth-order valence-corrected chi connectivity index (χ4v) is 1.37. The third-order valence-corrected chi connectivity index (χ3v) is 2.30. The molecule has 7 heteroatoms. The van der Waals surface area contributed by atoms with Crippen molar-refractivity contribution in [2.75, 3.05) is 5.32 Å². The number of aromatic carboxylic acids is 1. The molecule has 0 bridgehead atoms. The molecule has 0 aliphatic heterocycles. The van der Waals surface area contributed by atoms with E-state index in [-0.39, 0.29) is 12.1 Å². The summed E-state index contributed by atoms with van der Waals surface area (Å²) in [7, 11) is 0. The van der Waals surface area contributed by atoms with Gasteiger partial charge in [0, 0.05) is 11.8 Å². The highest BCUT2D eigenvalue weighted by Crippen LogP contribution is 2.09. The third kappa shape index (κ3) is 3.56. The van der Waals surface area contributed by atoms with Gasteiger partial charge in [-0.2, -0.15) is 0 Å². The first-order valence-electron chi connectivity index (χ1n) is 5.43. The van der Waals surface area contributed by atoms with E-state index in [1.807, 2.05) is 0 Å². The van der Waals surface area contributed by atoms with E-state index in [1.165, 1.54) is 30.5 Å². The van der Waals surface area contributed by atoms with Gasteiger partial charge in [-0.1, -0.05) is 5.16 Å². The summed E-state index contributed by atoms with van der Waals surface area (Å²) in [5, 5.41) is 17.4. The molecular weight excluding hydrogens is 250 g/mol. The van der Waals surface area contributed by atoms with Crippen molar-refractivity contribution in [3.8, 4) is 0 Å². The molecule has 7 nitrogen and oxygen atoms in total. The van der Waals surface area contributed by atoms with Crippen LogP contribution in [-0.4, -0.2) is 22.3 Å². The van der Waals surface area contributed by atoms with Crippen LogP contribution in [0.25, 0.3) is 0 Å². The van der Waals surface area contributed by atoms with E-state index >= 15 is 0 Å². The first-order chi connectivity index (χ1) is 9.15. The molecule has 2 aromatic rings. The standard InChI is InChI=1S/C12H11N3O4/c16-11(17)8-1-3-9(4-2-8)15-12(18)13-7-10-5-6-14-19-10/h1-6H,7H2,(H,16,17)(H2,13,15,18). The van der Waals surface area contributed by atoms with E-state index in [1.54, 1.807) is 6.07 Å². The van der Waals surface area contributed by atoms with E-state index in [0.717, 1.165) is 0 Å². The Hall–Kier alpha value is -2.83. The second-order valence-corrected chi connectivity index (χ2v) is 3.67. The van der Waals surface area contributed by atoms with E-state index in [2.05, 4.69) is 15.8 Å². The van der Waals surface area contributed by atoms with Gasteiger partial charge in [0.2, 0.25) is 0 Å². The fraction of sp³-hybridized carbons (Fsp3) is 0.0833. The number of urea groups is 1. The number of carbonyl (C=O) groups excluding carboxylic acids is 1. The molecular formula is C12H11N3O4. The molecule has 2 amide bonds. The Labute approximate surface area is 108 Å². The normalized spacial score (nSPS) is 9.89. The Bertz CT molecular complexity index is 563. The number of carboxylic acids is 1. The smallest absolute Gasteiger partial charge is 0.335 e. The number of benzene rings is 1. The van der Waals surface area contributed by atoms with Crippen LogP contribution in [0.5, 0.6) is 0 Å². The lowest BCUT2D eigenvalue weighted by atomic mass is 10.2. The molecule has 0 atom stereocenters. The lowest BCUT2D eigenvalue weighted by Gasteiger charge is -2.06. The van der Waals surface area contributed by atoms with Gasteiger partial charge in [0.25, 0.3) is 0 Å². The first kappa shape index (κ1) is 12.6. The molecule has 1 aromatic carbocycles. The van der Waals surface area contributed by atoms with Gasteiger partial charge in [-0.15, -0.1) is 0 Å². The number of anilines is 1. The molecule has 2 rings (SSSR count). The lowest BCUT2D eigenvalue weighted by Crippen LogP contribution is -2.27. The molecule has 1 aromatic heterocycles. The lowest BCUT2D eigenvalue weighted by molar-refractivity contribution is 0.0697. The van der Waals surface area contributed by atoms with Gasteiger partial charge < -0.3 is 20.3 Å². The van der Waals surface area contributed by atoms with Gasteiger partial charge in [0.15, 0.2) is 5.76 Å². The maximum atomic E-state index is 11.5. The largest absolute Gasteiger partial charge is 0.478 e. The van der Waals surface area contributed by atoms with Gasteiger partial charge in [-0.05, 0) is 24.3 Å². The molecule has 0 spiro atoms. The van der Waals surface area contributed by atoms with Crippen LogP contribution in [0.3, 0.4) is 0 Å². The van der Waals surface area contributed by atoms with Crippen LogP contribution in [0.15, 0.2) is 41.1 Å². The monoisotopic (exact) mass is 261 g/mol. The zero-order valence-electron chi connectivity index (χ0n) is 9.79. The zero-order chi connectivity index (χ0) is 13.7. The first-order valence-corrected chi connectivity index (χ1v) is 5.43. The number of hydrogen-bond acceptors (Lipinski definition) is 4. The fourth-order valence-electron chi connectivity index (χ4n) is 1.37. The van der Waals surface area contributed by atoms with E-state index < -0.39 is 12.0 Å². The summed E-state index contributed by atoms with van der Waals surface area (Å²) in [6, 6.07) is 7.07. The summed E-state index contributed by atoms with van der Waals surface area (Å²) in [5.41, 5.74) is 0.660. The van der Waals surface area contributed by atoms with Crippen LogP contribution < -0.4 is 10.6 Å². The highest BCUT2D eigenvalue weighted by atomic mass is 16.5. The number of rotatable bonds is 4. The summed E-state index contributed by atoms with van der Waals surface area (Å²) in [6.07, 6.45) is 1.49. The summed E-state index contributed by atoms with van der Waals surface area (Å²) in [5.74, 6) is -0.474. The van der Waals surface area contributed by atoms with Gasteiger partial charge in [0.05, 0.1) is 18.3 Å². The van der Waals surface area contributed by atoms with Crippen molar-refractivity contribution in [2.24, 2.45) is 0 Å². The Morgan fingerprint density at radius 1 is 1.21 bits per heavy atom. The third-order valence-electron chi connectivity index (χ3n) is 2.30. The van der Waals surface area contributed by atoms with Crippen LogP contribution >= 0.6 is 0 Å². The molecule has 1 heterocycles. The zero-order valence-corrected chi connectivity index (χ0v) is 9.79. The van der Waals surface area contributed by atoms with Gasteiger partial charge >= 0.3 is 12.0 Å². The molecule has 98 valence electrons. The summed E-state index contributed by atoms with van der Waals surface area (Å²) in [4.78, 5) is 22.2. The minimum atomic E-state index is -1.01. The highest BCUT2D eigenvalue weighted by molar-refractivity contribution is 5.91. The number of aromatic nitrogens is 1. The average Bonchev–Trinajstić information content (AvgIpc) is 2.90. The van der Waals surface area contributed by atoms with Crippen LogP contribution in [0.2, 0.25) is 0 Å². The highest BCUT2D eigenvalue weighted by Gasteiger charge is 2.05. The van der Waals surface area contributed by atoms with Crippen molar-refractivity contribution >= 4 is 17.7 Å². The van der Waals surface area contributed by atoms with Crippen molar-refractivity contribution in [3.63, 3.8) is 0 Å². The Morgan fingerprint density at radius 3 is 2.53 bits per heavy atom. The molecule has 0 radical (unpaired) electrons. The number of carbonyl (C=O) groups is 2. The number of nitrogens with zero attached hydrogens (tertiary/aromatic N) is 1. The van der Waals surface area contributed by atoms with Crippen molar-refractivity contribution in [3.05, 3.63) is 47.9 Å². The molecule has 0 fully saturated rings. The molecule has 0 saturated carbocycles. The Balaban J connectivity index is 1.86. The second-order valence-electron chi connectivity index (χ2n) is 3.67. The van der Waals surface area contributed by atoms with Gasteiger partial charge in [0.1, 0.15) is 0 Å². The Kier molecular flexibility index (Phi) is 3.77. The predicted octanol–water partition coefficient (Wildman–Crippen LogP) is 1.69. The predicted molar refractivity (Wildman–Crippen MR) is 65.8 cm³/mol. The van der Waals surface area contributed by atoms with E-state index in [9.17, 15) is 9.59 Å². The van der Waals surface area contributed by atoms with Gasteiger partial charge in [-0.25, -0.2) is 9.59 Å². The van der Waals surface area contributed by atoms with Crippen molar-refractivity contribution in [1.29, 1.82) is 0 Å². The van der Waals surface area contributed by atoms with Crippen molar-refractivity contribution in [1.82, 2.24) is 10.5 Å². The van der Waals surface area contributed by atoms with Crippen LogP contribution in [0.1, 0.15) is 16.1 Å². The minimum Gasteiger partial charge on any atom is -0.478 e. The van der Waals surface area contributed by atoms with Gasteiger partial charge in [-0.3, -0.25) is 0 Å². The Morgan fingerprint density at radius 2 is 1.95 bits per heavy atom. The van der Waals surface area contributed by atoms with Crippen LogP contribution in [-0.2, 0) is 6.54 Å². The topological polar surface area (TPSA) is 104 Å². The summed E-state index contributed by atoms with van der Waals surface area (Å²) in [6.45, 7) is 0.221. The van der Waals surface area contributed by atoms with E-state index in [4.69, 9.17) is 9.63 Å². The number of carboxylic acid groups (broad SMARTS) is 1. The number of amides is 2. The minimum absolute atomic E-state index is 0.160. The number of hydrogen-bond donors (Lipinski definition) is 3. The molecule has 0 aliphatic rings. The second kappa shape index (κ2) is 5.67. The van der Waals surface area contributed by atoms with Crippen molar-refractivity contribution in [2.45, 2.75) is 6.54 Å². The SMILES string of the molecule is O=C(NCc1ccno1)Nc1ccc(C(=O)O)cc1. The molecule has 0 saturated heterocycles. The van der Waals surface area contributed by atoms with E-state index in [0.29, 0.717) is 11.4 Å². The molecule has 19 heavy (non-hydrogen) atoms. The average molecular weight is 261 g/mol. The quantitative estimate of drug-likeness (QED) is 0.776. The van der Waals surface area contributed by atoms with Crippen LogP contribution in [0, 0.1) is 0 Å². The maximum Gasteiger partial charge on any atom is 0.335 e. The maximum absolute atomic E-state index is 11.5. The molecule has 0 unspecified atom stereocenters. The molecule has 0 aliphatic carbocycles. The summed E-state index contributed by atoms with van der Waals surface area (Å²) < 4.78 is 4.82. The van der Waals surface area contributed by atoms with Crippen LogP contribution in [0.4, 0.5) is 10.5 Å². The molecule has 3 N–H and O–H groups in total.